The SMILES string of the molecule is CCOC/C(C=O)=C/OC. The fourth-order valence-corrected chi connectivity index (χ4v) is 0.467. The van der Waals surface area contributed by atoms with Crippen LogP contribution in [0.3, 0.4) is 0 Å². The van der Waals surface area contributed by atoms with Crippen LogP contribution in [0.2, 0.25) is 0 Å². The van der Waals surface area contributed by atoms with Crippen molar-refractivity contribution in [3.8, 4) is 0 Å². The van der Waals surface area contributed by atoms with E-state index >= 15 is 0 Å². The summed E-state index contributed by atoms with van der Waals surface area (Å²) in [5.41, 5.74) is 0.518. The van der Waals surface area contributed by atoms with Crippen molar-refractivity contribution in [2.75, 3.05) is 20.3 Å². The smallest absolute Gasteiger partial charge is 0.151 e. The molecular weight excluding hydrogens is 132 g/mol. The Morgan fingerprint density at radius 2 is 2.30 bits per heavy atom. The number of aldehydes is 1. The molecule has 0 bridgehead atoms. The maximum absolute atomic E-state index is 10.2. The molecule has 0 rings (SSSR count). The van der Waals surface area contributed by atoms with Crippen molar-refractivity contribution in [1.29, 1.82) is 0 Å². The van der Waals surface area contributed by atoms with E-state index in [9.17, 15) is 4.79 Å². The normalized spacial score (nSPS) is 11.2. The van der Waals surface area contributed by atoms with Crippen molar-refractivity contribution in [3.63, 3.8) is 0 Å². The molecule has 3 nitrogen and oxygen atoms in total. The van der Waals surface area contributed by atoms with Gasteiger partial charge in [-0.3, -0.25) is 4.79 Å². The number of carbonyl (C=O) groups excluding carboxylic acids is 1. The Balaban J connectivity index is 3.60. The number of ether oxygens (including phenoxy) is 2. The molecule has 0 spiro atoms. The van der Waals surface area contributed by atoms with E-state index < -0.39 is 0 Å². The van der Waals surface area contributed by atoms with Gasteiger partial charge >= 0.3 is 0 Å². The van der Waals surface area contributed by atoms with E-state index in [-0.39, 0.29) is 0 Å². The molecule has 0 N–H and O–H groups in total. The lowest BCUT2D eigenvalue weighted by Crippen LogP contribution is -1.99. The van der Waals surface area contributed by atoms with Crippen molar-refractivity contribution in [3.05, 3.63) is 11.8 Å². The molecule has 0 saturated carbocycles. The fourth-order valence-electron chi connectivity index (χ4n) is 0.467. The van der Waals surface area contributed by atoms with Gasteiger partial charge in [0.15, 0.2) is 6.29 Å². The molecule has 0 atom stereocenters. The lowest BCUT2D eigenvalue weighted by molar-refractivity contribution is -0.105. The first-order chi connectivity index (χ1) is 4.85. The number of rotatable bonds is 5. The Labute approximate surface area is 60.6 Å². The molecule has 0 saturated heterocycles. The van der Waals surface area contributed by atoms with Crippen LogP contribution >= 0.6 is 0 Å². The molecule has 0 fully saturated rings. The van der Waals surface area contributed by atoms with Crippen LogP contribution in [0.4, 0.5) is 0 Å². The Bertz CT molecular complexity index is 118. The van der Waals surface area contributed by atoms with Gasteiger partial charge in [-0.1, -0.05) is 0 Å². The largest absolute Gasteiger partial charge is 0.504 e. The quantitative estimate of drug-likeness (QED) is 0.324. The molecule has 0 unspecified atom stereocenters. The number of carbonyl (C=O) groups is 1. The lowest BCUT2D eigenvalue weighted by Gasteiger charge is -1.98. The van der Waals surface area contributed by atoms with Gasteiger partial charge in [-0.05, 0) is 6.92 Å². The Hall–Kier alpha value is -0.830. The zero-order valence-electron chi connectivity index (χ0n) is 6.29. The molecule has 0 aromatic rings. The third kappa shape index (κ3) is 4.09. The summed E-state index contributed by atoms with van der Waals surface area (Å²) in [5, 5.41) is 0. The van der Waals surface area contributed by atoms with Gasteiger partial charge in [-0.25, -0.2) is 0 Å². The Kier molecular flexibility index (Phi) is 5.77. The van der Waals surface area contributed by atoms with E-state index in [0.717, 1.165) is 6.29 Å². The highest BCUT2D eigenvalue weighted by atomic mass is 16.5. The second kappa shape index (κ2) is 6.29. The van der Waals surface area contributed by atoms with E-state index in [1.807, 2.05) is 6.92 Å². The predicted molar refractivity (Wildman–Crippen MR) is 37.6 cm³/mol. The summed E-state index contributed by atoms with van der Waals surface area (Å²) in [7, 11) is 1.50. The van der Waals surface area contributed by atoms with Gasteiger partial charge in [0, 0.05) is 6.61 Å². The van der Waals surface area contributed by atoms with Gasteiger partial charge in [0.25, 0.3) is 0 Å². The van der Waals surface area contributed by atoms with Crippen LogP contribution < -0.4 is 0 Å². The second-order valence-electron chi connectivity index (χ2n) is 1.68. The van der Waals surface area contributed by atoms with E-state index in [2.05, 4.69) is 4.74 Å². The van der Waals surface area contributed by atoms with Crippen LogP contribution in [0.1, 0.15) is 6.92 Å². The molecule has 0 aromatic heterocycles. The summed E-state index contributed by atoms with van der Waals surface area (Å²) >= 11 is 0. The highest BCUT2D eigenvalue weighted by molar-refractivity contribution is 5.72. The number of hydrogen-bond donors (Lipinski definition) is 0. The van der Waals surface area contributed by atoms with E-state index in [4.69, 9.17) is 4.74 Å². The summed E-state index contributed by atoms with van der Waals surface area (Å²) in [6, 6.07) is 0. The van der Waals surface area contributed by atoms with Crippen molar-refractivity contribution >= 4 is 6.29 Å². The van der Waals surface area contributed by atoms with Crippen LogP contribution in [0.5, 0.6) is 0 Å². The van der Waals surface area contributed by atoms with E-state index in [1.54, 1.807) is 0 Å². The number of methoxy groups -OCH3 is 1. The van der Waals surface area contributed by atoms with Gasteiger partial charge in [-0.15, -0.1) is 0 Å². The molecule has 58 valence electrons. The van der Waals surface area contributed by atoms with Gasteiger partial charge in [0.05, 0.1) is 25.6 Å². The standard InChI is InChI=1S/C7H12O3/c1-3-10-6-7(4-8)5-9-2/h4-5H,3,6H2,1-2H3/b7-5+. The average Bonchev–Trinajstić information content (AvgIpc) is 1.98. The number of hydrogen-bond acceptors (Lipinski definition) is 3. The minimum absolute atomic E-state index is 0.327. The Morgan fingerprint density at radius 1 is 1.60 bits per heavy atom. The average molecular weight is 144 g/mol. The van der Waals surface area contributed by atoms with Gasteiger partial charge in [0.1, 0.15) is 0 Å². The zero-order chi connectivity index (χ0) is 7.82. The van der Waals surface area contributed by atoms with Crippen LogP contribution in [0.15, 0.2) is 11.8 Å². The van der Waals surface area contributed by atoms with Crippen LogP contribution in [0.25, 0.3) is 0 Å². The first-order valence-electron chi connectivity index (χ1n) is 3.10. The fraction of sp³-hybridized carbons (Fsp3) is 0.571. The highest BCUT2D eigenvalue weighted by Crippen LogP contribution is 1.90. The first-order valence-corrected chi connectivity index (χ1v) is 3.10. The molecule has 0 radical (unpaired) electrons. The predicted octanol–water partition coefficient (Wildman–Crippen LogP) is 0.752. The van der Waals surface area contributed by atoms with Gasteiger partial charge < -0.3 is 9.47 Å². The van der Waals surface area contributed by atoms with Crippen molar-refractivity contribution < 1.29 is 14.3 Å². The highest BCUT2D eigenvalue weighted by Gasteiger charge is 1.92. The van der Waals surface area contributed by atoms with Crippen molar-refractivity contribution in [2.45, 2.75) is 6.92 Å². The summed E-state index contributed by atoms with van der Waals surface area (Å²) in [4.78, 5) is 10.2. The van der Waals surface area contributed by atoms with Gasteiger partial charge in [-0.2, -0.15) is 0 Å². The molecule has 0 aliphatic heterocycles. The maximum Gasteiger partial charge on any atom is 0.151 e. The molecule has 0 aliphatic carbocycles. The summed E-state index contributed by atoms with van der Waals surface area (Å²) in [5.74, 6) is 0. The van der Waals surface area contributed by atoms with Crippen LogP contribution in [0, 0.1) is 0 Å². The monoisotopic (exact) mass is 144 g/mol. The maximum atomic E-state index is 10.2. The minimum atomic E-state index is 0.327. The second-order valence-corrected chi connectivity index (χ2v) is 1.68. The third-order valence-corrected chi connectivity index (χ3v) is 0.893. The first kappa shape index (κ1) is 9.17. The third-order valence-electron chi connectivity index (χ3n) is 0.893. The van der Waals surface area contributed by atoms with E-state index in [0.29, 0.717) is 18.8 Å². The summed E-state index contributed by atoms with van der Waals surface area (Å²) < 4.78 is 9.58. The zero-order valence-corrected chi connectivity index (χ0v) is 6.29. The molecule has 0 amide bonds. The molecule has 0 heterocycles. The molecule has 0 aromatic carbocycles. The molecule has 0 aliphatic rings. The molecule has 10 heavy (non-hydrogen) atoms. The van der Waals surface area contributed by atoms with Gasteiger partial charge in [0.2, 0.25) is 0 Å². The minimum Gasteiger partial charge on any atom is -0.504 e. The topological polar surface area (TPSA) is 35.5 Å². The van der Waals surface area contributed by atoms with E-state index in [1.165, 1.54) is 13.4 Å². The van der Waals surface area contributed by atoms with Crippen molar-refractivity contribution in [2.24, 2.45) is 0 Å². The lowest BCUT2D eigenvalue weighted by atomic mass is 10.3. The summed E-state index contributed by atoms with van der Waals surface area (Å²) in [6.45, 7) is 2.80. The van der Waals surface area contributed by atoms with Crippen LogP contribution in [-0.2, 0) is 14.3 Å². The van der Waals surface area contributed by atoms with Crippen LogP contribution in [-0.4, -0.2) is 26.6 Å². The summed E-state index contributed by atoms with van der Waals surface area (Å²) in [6.07, 6.45) is 2.10. The molecule has 3 heteroatoms. The Morgan fingerprint density at radius 3 is 2.70 bits per heavy atom. The molecular formula is C7H12O3. The van der Waals surface area contributed by atoms with Crippen molar-refractivity contribution in [1.82, 2.24) is 0 Å².